The molecule has 1 heterocycles. The van der Waals surface area contributed by atoms with E-state index in [2.05, 4.69) is 4.98 Å². The van der Waals surface area contributed by atoms with E-state index in [1.54, 1.807) is 6.07 Å². The molecule has 0 saturated carbocycles. The topological polar surface area (TPSA) is 60.9 Å². The predicted molar refractivity (Wildman–Crippen MR) is 82.2 cm³/mol. The maximum absolute atomic E-state index is 11.8. The van der Waals surface area contributed by atoms with Gasteiger partial charge in [-0.05, 0) is 18.1 Å². The van der Waals surface area contributed by atoms with Crippen LogP contribution in [0.3, 0.4) is 0 Å². The van der Waals surface area contributed by atoms with Crippen LogP contribution in [-0.4, -0.2) is 21.3 Å². The first kappa shape index (κ1) is 15.1. The Balaban J connectivity index is 2.73. The van der Waals surface area contributed by atoms with Crippen molar-refractivity contribution in [3.05, 3.63) is 29.0 Å². The number of hydrogen-bond donors (Lipinski definition) is 1. The van der Waals surface area contributed by atoms with E-state index < -0.39 is 6.04 Å². The summed E-state index contributed by atoms with van der Waals surface area (Å²) in [6.07, 6.45) is 0.559. The van der Waals surface area contributed by atoms with E-state index >= 15 is 0 Å². The molecule has 0 bridgehead atoms. The second kappa shape index (κ2) is 6.02. The van der Waals surface area contributed by atoms with Gasteiger partial charge in [0.25, 0.3) is 0 Å². The van der Waals surface area contributed by atoms with Crippen LogP contribution in [0.15, 0.2) is 18.2 Å². The van der Waals surface area contributed by atoms with Crippen LogP contribution >= 0.6 is 23.2 Å². The number of nitrogens with two attached hydrogens (primary N) is 1. The minimum absolute atomic E-state index is 0.0537. The monoisotopic (exact) mass is 313 g/mol. The van der Waals surface area contributed by atoms with Gasteiger partial charge in [0.1, 0.15) is 17.4 Å². The lowest BCUT2D eigenvalue weighted by atomic mass is 10.0. The summed E-state index contributed by atoms with van der Waals surface area (Å²) in [4.78, 5) is 16.4. The summed E-state index contributed by atoms with van der Waals surface area (Å²) in [5, 5.41) is 0.559. The molecule has 0 fully saturated rings. The molecule has 0 aliphatic heterocycles. The molecule has 20 heavy (non-hydrogen) atoms. The molecule has 0 aliphatic carbocycles. The SMILES string of the molecule is CC(C)C(C(N)=O)n1c(CCCl)nc2c(Cl)cccc21. The van der Waals surface area contributed by atoms with Gasteiger partial charge in [0.2, 0.25) is 5.91 Å². The number of fused-ring (bicyclic) bond motifs is 1. The Morgan fingerprint density at radius 3 is 2.70 bits per heavy atom. The molecule has 1 unspecified atom stereocenters. The first-order valence-electron chi connectivity index (χ1n) is 6.48. The number of halogens is 2. The molecule has 2 N–H and O–H groups in total. The highest BCUT2D eigenvalue weighted by atomic mass is 35.5. The van der Waals surface area contributed by atoms with Gasteiger partial charge in [0.15, 0.2) is 0 Å². The van der Waals surface area contributed by atoms with Crippen LogP contribution in [0.5, 0.6) is 0 Å². The minimum Gasteiger partial charge on any atom is -0.368 e. The number of primary amides is 1. The zero-order valence-corrected chi connectivity index (χ0v) is 12.9. The van der Waals surface area contributed by atoms with E-state index in [1.165, 1.54) is 0 Å². The molecule has 0 saturated heterocycles. The fourth-order valence-corrected chi connectivity index (χ4v) is 2.84. The van der Waals surface area contributed by atoms with Crippen LogP contribution in [0, 0.1) is 5.92 Å². The number of alkyl halides is 1. The molecule has 0 aliphatic rings. The van der Waals surface area contributed by atoms with Gasteiger partial charge in [-0.25, -0.2) is 4.98 Å². The highest BCUT2D eigenvalue weighted by molar-refractivity contribution is 6.34. The van der Waals surface area contributed by atoms with Gasteiger partial charge in [0, 0.05) is 12.3 Å². The minimum atomic E-state index is -0.461. The molecule has 0 spiro atoms. The van der Waals surface area contributed by atoms with Crippen LogP contribution < -0.4 is 5.73 Å². The number of para-hydroxylation sites is 1. The molecule has 0 radical (unpaired) electrons. The maximum Gasteiger partial charge on any atom is 0.240 e. The Morgan fingerprint density at radius 2 is 2.15 bits per heavy atom. The Bertz CT molecular complexity index is 637. The van der Waals surface area contributed by atoms with Crippen molar-refractivity contribution in [1.29, 1.82) is 0 Å². The third-order valence-electron chi connectivity index (χ3n) is 3.26. The summed E-state index contributed by atoms with van der Waals surface area (Å²) in [6, 6.07) is 5.05. The van der Waals surface area contributed by atoms with Gasteiger partial charge in [0.05, 0.1) is 10.5 Å². The zero-order chi connectivity index (χ0) is 14.9. The normalized spacial score (nSPS) is 13.1. The fraction of sp³-hybridized carbons (Fsp3) is 0.429. The van der Waals surface area contributed by atoms with E-state index in [0.29, 0.717) is 22.8 Å². The van der Waals surface area contributed by atoms with Crippen molar-refractivity contribution >= 4 is 40.1 Å². The lowest BCUT2D eigenvalue weighted by molar-refractivity contribution is -0.122. The van der Waals surface area contributed by atoms with Gasteiger partial charge in [-0.3, -0.25) is 4.79 Å². The Kier molecular flexibility index (Phi) is 4.55. The molecular formula is C14H17Cl2N3O. The number of aryl methyl sites for hydroxylation is 1. The average Bonchev–Trinajstić information content (AvgIpc) is 2.70. The Labute approximate surface area is 127 Å². The second-order valence-corrected chi connectivity index (χ2v) is 5.82. The standard InChI is InChI=1S/C14H17Cl2N3O/c1-8(2)13(14(17)20)19-10-5-3-4-9(16)12(10)18-11(19)6-7-15/h3-5,8,13H,6-7H2,1-2H3,(H2,17,20). The molecule has 2 aromatic rings. The summed E-state index contributed by atoms with van der Waals surface area (Å²) in [6.45, 7) is 3.91. The quantitative estimate of drug-likeness (QED) is 0.862. The van der Waals surface area contributed by atoms with Crippen LogP contribution in [0.25, 0.3) is 11.0 Å². The number of carbonyl (C=O) groups excluding carboxylic acids is 1. The smallest absolute Gasteiger partial charge is 0.240 e. The van der Waals surface area contributed by atoms with E-state index in [4.69, 9.17) is 28.9 Å². The average molecular weight is 314 g/mol. The fourth-order valence-electron chi connectivity index (χ4n) is 2.46. The van der Waals surface area contributed by atoms with Gasteiger partial charge >= 0.3 is 0 Å². The van der Waals surface area contributed by atoms with Crippen molar-refractivity contribution in [2.45, 2.75) is 26.3 Å². The van der Waals surface area contributed by atoms with Gasteiger partial charge < -0.3 is 10.3 Å². The highest BCUT2D eigenvalue weighted by Crippen LogP contribution is 2.30. The number of rotatable bonds is 5. The first-order valence-corrected chi connectivity index (χ1v) is 7.39. The molecule has 1 aromatic carbocycles. The third kappa shape index (κ3) is 2.63. The first-order chi connectivity index (χ1) is 9.47. The van der Waals surface area contributed by atoms with E-state index in [0.717, 1.165) is 11.3 Å². The van der Waals surface area contributed by atoms with Crippen LogP contribution in [-0.2, 0) is 11.2 Å². The lowest BCUT2D eigenvalue weighted by Gasteiger charge is -2.22. The largest absolute Gasteiger partial charge is 0.368 e. The van der Waals surface area contributed by atoms with Gasteiger partial charge in [-0.2, -0.15) is 0 Å². The maximum atomic E-state index is 11.8. The molecule has 1 amide bonds. The second-order valence-electron chi connectivity index (χ2n) is 5.04. The number of hydrogen-bond acceptors (Lipinski definition) is 2. The van der Waals surface area contributed by atoms with Gasteiger partial charge in [-0.15, -0.1) is 11.6 Å². The lowest BCUT2D eigenvalue weighted by Crippen LogP contribution is -2.31. The Morgan fingerprint density at radius 1 is 1.45 bits per heavy atom. The van der Waals surface area contributed by atoms with Crippen LogP contribution in [0.4, 0.5) is 0 Å². The van der Waals surface area contributed by atoms with Crippen molar-refractivity contribution in [2.24, 2.45) is 11.7 Å². The Hall–Kier alpha value is -1.26. The molecule has 4 nitrogen and oxygen atoms in total. The number of benzene rings is 1. The van der Waals surface area contributed by atoms with Crippen molar-refractivity contribution < 1.29 is 4.79 Å². The molecule has 2 rings (SSSR count). The van der Waals surface area contributed by atoms with Crippen molar-refractivity contribution in [3.63, 3.8) is 0 Å². The zero-order valence-electron chi connectivity index (χ0n) is 11.4. The van der Waals surface area contributed by atoms with Crippen LogP contribution in [0.2, 0.25) is 5.02 Å². The van der Waals surface area contributed by atoms with E-state index in [9.17, 15) is 4.79 Å². The number of aromatic nitrogens is 2. The predicted octanol–water partition coefficient (Wildman–Crippen LogP) is 3.15. The highest BCUT2D eigenvalue weighted by Gasteiger charge is 2.26. The van der Waals surface area contributed by atoms with E-state index in [1.807, 2.05) is 30.5 Å². The number of carbonyl (C=O) groups is 1. The van der Waals surface area contributed by atoms with E-state index in [-0.39, 0.29) is 11.8 Å². The molecule has 1 atom stereocenters. The summed E-state index contributed by atoms with van der Waals surface area (Å²) in [5.74, 6) is 0.832. The molecule has 1 aromatic heterocycles. The molecule has 108 valence electrons. The van der Waals surface area contributed by atoms with Crippen LogP contribution in [0.1, 0.15) is 25.7 Å². The molecule has 6 heteroatoms. The third-order valence-corrected chi connectivity index (χ3v) is 3.76. The number of imidazole rings is 1. The summed E-state index contributed by atoms with van der Waals surface area (Å²) in [5.41, 5.74) is 7.07. The number of nitrogens with zero attached hydrogens (tertiary/aromatic N) is 2. The van der Waals surface area contributed by atoms with Gasteiger partial charge in [-0.1, -0.05) is 31.5 Å². The summed E-state index contributed by atoms with van der Waals surface area (Å²) >= 11 is 12.0. The summed E-state index contributed by atoms with van der Waals surface area (Å²) < 4.78 is 1.87. The number of amides is 1. The summed E-state index contributed by atoms with van der Waals surface area (Å²) in [7, 11) is 0. The molecular weight excluding hydrogens is 297 g/mol. The van der Waals surface area contributed by atoms with Crippen molar-refractivity contribution in [1.82, 2.24) is 9.55 Å². The van der Waals surface area contributed by atoms with Crippen molar-refractivity contribution in [3.8, 4) is 0 Å². The van der Waals surface area contributed by atoms with Crippen molar-refractivity contribution in [2.75, 3.05) is 5.88 Å².